The Morgan fingerprint density at radius 1 is 0.276 bits per heavy atom. The summed E-state index contributed by atoms with van der Waals surface area (Å²) in [5.41, 5.74) is 14.2. The van der Waals surface area contributed by atoms with Crippen LogP contribution in [0.1, 0.15) is 0 Å². The average Bonchev–Trinajstić information content (AvgIpc) is 3.64. The number of para-hydroxylation sites is 2. The third-order valence-electron chi connectivity index (χ3n) is 11.6. The highest BCUT2D eigenvalue weighted by Gasteiger charge is 2.17. The fourth-order valence-electron chi connectivity index (χ4n) is 8.68. The Morgan fingerprint density at radius 3 is 1.40 bits per heavy atom. The third-order valence-corrected chi connectivity index (χ3v) is 11.6. The minimum atomic E-state index is 1.11. The maximum atomic E-state index is 2.40. The van der Waals surface area contributed by atoms with E-state index in [1.807, 2.05) is 0 Å². The first-order chi connectivity index (χ1) is 28.7. The maximum absolute atomic E-state index is 2.40. The van der Waals surface area contributed by atoms with E-state index in [2.05, 4.69) is 240 Å². The van der Waals surface area contributed by atoms with E-state index < -0.39 is 0 Å². The second-order valence-corrected chi connectivity index (χ2v) is 15.0. The molecule has 0 saturated heterocycles. The lowest BCUT2D eigenvalue weighted by molar-refractivity contribution is 1.18. The van der Waals surface area contributed by atoms with Gasteiger partial charge in [-0.25, -0.2) is 0 Å². The van der Waals surface area contributed by atoms with Crippen LogP contribution in [0.25, 0.3) is 82.4 Å². The standard InChI is InChI=1S/C56H38N2/c1-3-14-48(15-4-1)57(51-33-27-43(28-34-51)46-24-23-39-11-7-8-13-45(39)37-46)50-31-25-41(26-32-50)40-19-21-42(22-20-40)47-30-35-54-53(38-47)56-52-18-10-9-12-44(52)29-36-55(56)58(54)49-16-5-2-6-17-49/h1-38H. The average molecular weight is 739 g/mol. The normalized spacial score (nSPS) is 11.4. The van der Waals surface area contributed by atoms with E-state index in [9.17, 15) is 0 Å². The predicted octanol–water partition coefficient (Wildman–Crippen LogP) is 15.6. The van der Waals surface area contributed by atoms with Gasteiger partial charge in [-0.2, -0.15) is 0 Å². The summed E-state index contributed by atoms with van der Waals surface area (Å²) in [6, 6.07) is 83.5. The molecule has 11 aromatic rings. The molecule has 0 unspecified atom stereocenters. The monoisotopic (exact) mass is 738 g/mol. The predicted molar refractivity (Wildman–Crippen MR) is 247 cm³/mol. The van der Waals surface area contributed by atoms with Crippen molar-refractivity contribution in [3.8, 4) is 39.1 Å². The van der Waals surface area contributed by atoms with E-state index in [1.54, 1.807) is 0 Å². The molecule has 0 amide bonds. The fraction of sp³-hybridized carbons (Fsp3) is 0. The smallest absolute Gasteiger partial charge is 0.0547 e. The molecule has 0 atom stereocenters. The Kier molecular flexibility index (Phi) is 8.19. The second kappa shape index (κ2) is 14.1. The first-order valence-electron chi connectivity index (χ1n) is 19.9. The van der Waals surface area contributed by atoms with Crippen molar-refractivity contribution in [3.63, 3.8) is 0 Å². The Morgan fingerprint density at radius 2 is 0.724 bits per heavy atom. The van der Waals surface area contributed by atoms with Gasteiger partial charge in [0.05, 0.1) is 11.0 Å². The van der Waals surface area contributed by atoms with Crippen molar-refractivity contribution in [3.05, 3.63) is 231 Å². The highest BCUT2D eigenvalue weighted by Crippen LogP contribution is 2.40. The summed E-state index contributed by atoms with van der Waals surface area (Å²) >= 11 is 0. The van der Waals surface area contributed by atoms with Gasteiger partial charge >= 0.3 is 0 Å². The Hall–Kier alpha value is -7.68. The summed E-state index contributed by atoms with van der Waals surface area (Å²) in [5.74, 6) is 0. The van der Waals surface area contributed by atoms with E-state index in [1.165, 1.54) is 82.4 Å². The van der Waals surface area contributed by atoms with Crippen LogP contribution in [0.3, 0.4) is 0 Å². The molecule has 0 fully saturated rings. The zero-order chi connectivity index (χ0) is 38.4. The zero-order valence-corrected chi connectivity index (χ0v) is 31.8. The Bertz CT molecular complexity index is 3230. The van der Waals surface area contributed by atoms with E-state index in [4.69, 9.17) is 0 Å². The second-order valence-electron chi connectivity index (χ2n) is 15.0. The van der Waals surface area contributed by atoms with Gasteiger partial charge in [0, 0.05) is 33.5 Å². The molecular formula is C56H38N2. The molecule has 2 nitrogen and oxygen atoms in total. The maximum Gasteiger partial charge on any atom is 0.0547 e. The third kappa shape index (κ3) is 5.91. The highest BCUT2D eigenvalue weighted by atomic mass is 15.1. The van der Waals surface area contributed by atoms with E-state index in [-0.39, 0.29) is 0 Å². The van der Waals surface area contributed by atoms with Gasteiger partial charge in [-0.3, -0.25) is 0 Å². The van der Waals surface area contributed by atoms with Crippen LogP contribution in [0, 0.1) is 0 Å². The van der Waals surface area contributed by atoms with Gasteiger partial charge in [-0.1, -0.05) is 158 Å². The minimum Gasteiger partial charge on any atom is -0.311 e. The first-order valence-corrected chi connectivity index (χ1v) is 19.9. The summed E-state index contributed by atoms with van der Waals surface area (Å²) in [6.07, 6.45) is 0. The number of hydrogen-bond acceptors (Lipinski definition) is 1. The molecule has 2 heteroatoms. The molecule has 0 spiro atoms. The van der Waals surface area contributed by atoms with Crippen molar-refractivity contribution in [2.45, 2.75) is 0 Å². The van der Waals surface area contributed by atoms with Gasteiger partial charge in [-0.05, 0) is 128 Å². The van der Waals surface area contributed by atoms with Crippen molar-refractivity contribution < 1.29 is 0 Å². The zero-order valence-electron chi connectivity index (χ0n) is 31.8. The van der Waals surface area contributed by atoms with Crippen molar-refractivity contribution in [2.24, 2.45) is 0 Å². The molecule has 1 aromatic heterocycles. The van der Waals surface area contributed by atoms with Gasteiger partial charge in [0.15, 0.2) is 0 Å². The number of fused-ring (bicyclic) bond motifs is 6. The molecule has 10 aromatic carbocycles. The molecule has 0 aliphatic heterocycles. The van der Waals surface area contributed by atoms with E-state index in [0.29, 0.717) is 0 Å². The minimum absolute atomic E-state index is 1.11. The van der Waals surface area contributed by atoms with Gasteiger partial charge in [0.1, 0.15) is 0 Å². The Labute approximate surface area is 338 Å². The number of nitrogens with zero attached hydrogens (tertiary/aromatic N) is 2. The van der Waals surface area contributed by atoms with E-state index in [0.717, 1.165) is 17.1 Å². The highest BCUT2D eigenvalue weighted by molar-refractivity contribution is 6.21. The van der Waals surface area contributed by atoms with Crippen molar-refractivity contribution in [2.75, 3.05) is 4.90 Å². The lowest BCUT2D eigenvalue weighted by Gasteiger charge is -2.26. The quantitative estimate of drug-likeness (QED) is 0.158. The lowest BCUT2D eigenvalue weighted by Crippen LogP contribution is -2.09. The van der Waals surface area contributed by atoms with Crippen molar-refractivity contribution in [1.29, 1.82) is 0 Å². The van der Waals surface area contributed by atoms with Crippen molar-refractivity contribution >= 4 is 60.4 Å². The van der Waals surface area contributed by atoms with Gasteiger partial charge in [0.2, 0.25) is 0 Å². The van der Waals surface area contributed by atoms with Crippen LogP contribution < -0.4 is 4.90 Å². The summed E-state index contributed by atoms with van der Waals surface area (Å²) in [7, 11) is 0. The summed E-state index contributed by atoms with van der Waals surface area (Å²) in [6.45, 7) is 0. The molecule has 0 radical (unpaired) electrons. The molecule has 0 aliphatic carbocycles. The summed E-state index contributed by atoms with van der Waals surface area (Å²) < 4.78 is 2.40. The fourth-order valence-corrected chi connectivity index (χ4v) is 8.68. The van der Waals surface area contributed by atoms with Gasteiger partial charge in [-0.15, -0.1) is 0 Å². The van der Waals surface area contributed by atoms with Crippen LogP contribution in [-0.2, 0) is 0 Å². The van der Waals surface area contributed by atoms with Gasteiger partial charge < -0.3 is 9.47 Å². The van der Waals surface area contributed by atoms with E-state index >= 15 is 0 Å². The molecule has 11 rings (SSSR count). The number of hydrogen-bond donors (Lipinski definition) is 0. The first kappa shape index (κ1) is 33.6. The molecule has 1 heterocycles. The van der Waals surface area contributed by atoms with Crippen LogP contribution >= 0.6 is 0 Å². The molecule has 0 N–H and O–H groups in total. The van der Waals surface area contributed by atoms with Crippen LogP contribution in [0.4, 0.5) is 17.1 Å². The molecule has 0 bridgehead atoms. The molecule has 58 heavy (non-hydrogen) atoms. The van der Waals surface area contributed by atoms with Crippen LogP contribution in [-0.4, -0.2) is 4.57 Å². The SMILES string of the molecule is c1ccc(N(c2ccc(-c3ccc(-c4ccc5c(c4)c4c6ccccc6ccc4n5-c4ccccc4)cc3)cc2)c2ccc(-c3ccc4ccccc4c3)cc2)cc1. The number of anilines is 3. The molecule has 0 saturated carbocycles. The largest absolute Gasteiger partial charge is 0.311 e. The van der Waals surface area contributed by atoms with Gasteiger partial charge in [0.25, 0.3) is 0 Å². The van der Waals surface area contributed by atoms with Crippen molar-refractivity contribution in [1.82, 2.24) is 4.57 Å². The molecular weight excluding hydrogens is 701 g/mol. The van der Waals surface area contributed by atoms with Crippen LogP contribution in [0.2, 0.25) is 0 Å². The van der Waals surface area contributed by atoms with Crippen LogP contribution in [0.5, 0.6) is 0 Å². The summed E-state index contributed by atoms with van der Waals surface area (Å²) in [5, 5.41) is 7.60. The number of benzene rings is 10. The topological polar surface area (TPSA) is 8.17 Å². The number of rotatable bonds is 7. The number of aromatic nitrogens is 1. The van der Waals surface area contributed by atoms with Crippen LogP contribution in [0.15, 0.2) is 231 Å². The Balaban J connectivity index is 0.911. The summed E-state index contributed by atoms with van der Waals surface area (Å²) in [4.78, 5) is 2.32. The molecule has 272 valence electrons. The lowest BCUT2D eigenvalue weighted by atomic mass is 9.98. The molecule has 0 aliphatic rings.